The number of rotatable bonds is 6. The van der Waals surface area contributed by atoms with E-state index in [0.29, 0.717) is 0 Å². The van der Waals surface area contributed by atoms with Crippen LogP contribution in [0.5, 0.6) is 0 Å². The minimum atomic E-state index is -0.826. The highest BCUT2D eigenvalue weighted by Gasteiger charge is 2.61. The predicted molar refractivity (Wildman–Crippen MR) is 154 cm³/mol. The van der Waals surface area contributed by atoms with Gasteiger partial charge in [0.05, 0.1) is 28.0 Å². The Hall–Kier alpha value is -5.64. The van der Waals surface area contributed by atoms with Crippen molar-refractivity contribution in [1.29, 1.82) is 0 Å². The number of hydrogen-bond donors (Lipinski definition) is 1. The van der Waals surface area contributed by atoms with Crippen molar-refractivity contribution in [3.05, 3.63) is 135 Å². The molecule has 0 aromatic heterocycles. The Morgan fingerprint density at radius 2 is 1.33 bits per heavy atom. The fourth-order valence-electron chi connectivity index (χ4n) is 6.81. The molecule has 4 aliphatic rings. The number of esters is 1. The van der Waals surface area contributed by atoms with Crippen molar-refractivity contribution in [3.63, 3.8) is 0 Å². The molecule has 4 aromatic carbocycles. The summed E-state index contributed by atoms with van der Waals surface area (Å²) in [5, 5.41) is 13.4. The van der Waals surface area contributed by atoms with Crippen LogP contribution >= 0.6 is 0 Å². The zero-order valence-corrected chi connectivity index (χ0v) is 22.5. The minimum absolute atomic E-state index is 0.0608. The number of carbonyl (C=O) groups is 4. The first-order valence-electron chi connectivity index (χ1n) is 13.7. The summed E-state index contributed by atoms with van der Waals surface area (Å²) in [6, 6.07) is 27.4. The van der Waals surface area contributed by atoms with Gasteiger partial charge in [-0.15, -0.1) is 0 Å². The summed E-state index contributed by atoms with van der Waals surface area (Å²) in [5.41, 5.74) is 4.57. The van der Waals surface area contributed by atoms with E-state index >= 15 is 0 Å². The number of anilines is 2. The van der Waals surface area contributed by atoms with Gasteiger partial charge in [-0.05, 0) is 46.5 Å². The van der Waals surface area contributed by atoms with Crippen LogP contribution in [0.2, 0.25) is 0 Å². The third-order valence-corrected chi connectivity index (χ3v) is 8.46. The zero-order chi connectivity index (χ0) is 29.8. The molecule has 0 radical (unpaired) electrons. The zero-order valence-electron chi connectivity index (χ0n) is 22.5. The molecule has 43 heavy (non-hydrogen) atoms. The van der Waals surface area contributed by atoms with Crippen LogP contribution < -0.4 is 10.2 Å². The fraction of sp³-hybridized carbons (Fsp3) is 0.152. The summed E-state index contributed by atoms with van der Waals surface area (Å²) >= 11 is 0. The van der Waals surface area contributed by atoms with Gasteiger partial charge in [-0.3, -0.25) is 24.5 Å². The Bertz CT molecular complexity index is 1750. The van der Waals surface area contributed by atoms with E-state index in [1.54, 1.807) is 12.1 Å². The molecule has 1 saturated heterocycles. The van der Waals surface area contributed by atoms with Gasteiger partial charge in [-0.2, -0.15) is 0 Å². The number of imide groups is 1. The SMILES string of the molecule is O=C(COC(=O)c1cccc(N2C(=O)[C@@H]3C4c5ccccc5C(c5ccccc54)[C@@H]3C2=O)c1)Nc1cccc([N+](=O)[O-])c1. The van der Waals surface area contributed by atoms with Crippen molar-refractivity contribution in [3.8, 4) is 0 Å². The number of hydrogen-bond acceptors (Lipinski definition) is 7. The van der Waals surface area contributed by atoms with E-state index in [2.05, 4.69) is 5.32 Å². The molecule has 0 spiro atoms. The highest BCUT2D eigenvalue weighted by molar-refractivity contribution is 6.23. The monoisotopic (exact) mass is 573 g/mol. The average molecular weight is 574 g/mol. The van der Waals surface area contributed by atoms with Crippen LogP contribution in [0.3, 0.4) is 0 Å². The molecule has 2 atom stereocenters. The van der Waals surface area contributed by atoms with Crippen LogP contribution in [-0.2, 0) is 19.1 Å². The largest absolute Gasteiger partial charge is 0.452 e. The van der Waals surface area contributed by atoms with E-state index in [1.807, 2.05) is 48.5 Å². The summed E-state index contributed by atoms with van der Waals surface area (Å²) < 4.78 is 5.16. The maximum atomic E-state index is 14.0. The number of benzene rings is 4. The van der Waals surface area contributed by atoms with Crippen LogP contribution in [-0.4, -0.2) is 35.2 Å². The standard InChI is InChI=1S/C33H23N3O7/c37-26(34-19-8-6-10-21(16-19)36(41)42)17-43-33(40)18-7-5-9-20(15-18)35-31(38)29-27-22-11-1-2-12-23(22)28(30(29)32(35)39)25-14-4-3-13-24(25)27/h1-16,27-30H,17H2,(H,34,37)/t27?,28?,29-,30+. The van der Waals surface area contributed by atoms with Crippen LogP contribution in [0.15, 0.2) is 97.1 Å². The highest BCUT2D eigenvalue weighted by Crippen LogP contribution is 2.61. The summed E-state index contributed by atoms with van der Waals surface area (Å²) in [7, 11) is 0. The number of nitro groups is 1. The van der Waals surface area contributed by atoms with Crippen molar-refractivity contribution in [1.82, 2.24) is 0 Å². The maximum absolute atomic E-state index is 14.0. The lowest BCUT2D eigenvalue weighted by Crippen LogP contribution is -2.41. The van der Waals surface area contributed by atoms with E-state index in [-0.39, 0.29) is 46.3 Å². The van der Waals surface area contributed by atoms with E-state index in [0.717, 1.165) is 22.3 Å². The molecule has 10 heteroatoms. The number of ether oxygens (including phenoxy) is 1. The molecule has 3 amide bonds. The van der Waals surface area contributed by atoms with Crippen molar-refractivity contribution >= 4 is 40.8 Å². The lowest BCUT2D eigenvalue weighted by molar-refractivity contribution is -0.384. The second-order valence-corrected chi connectivity index (χ2v) is 10.8. The van der Waals surface area contributed by atoms with Gasteiger partial charge < -0.3 is 10.1 Å². The smallest absolute Gasteiger partial charge is 0.338 e. The Balaban J connectivity index is 1.11. The number of nitrogens with one attached hydrogen (secondary N) is 1. The van der Waals surface area contributed by atoms with Crippen molar-refractivity contribution in [2.45, 2.75) is 11.8 Å². The molecular weight excluding hydrogens is 550 g/mol. The van der Waals surface area contributed by atoms with Gasteiger partial charge >= 0.3 is 5.97 Å². The average Bonchev–Trinajstić information content (AvgIpc) is 3.30. The van der Waals surface area contributed by atoms with Crippen LogP contribution in [0, 0.1) is 22.0 Å². The number of amides is 3. The molecule has 2 bridgehead atoms. The molecule has 10 nitrogen and oxygen atoms in total. The fourth-order valence-corrected chi connectivity index (χ4v) is 6.81. The molecule has 8 rings (SSSR count). The molecule has 4 aromatic rings. The molecule has 1 heterocycles. The highest BCUT2D eigenvalue weighted by atomic mass is 16.6. The molecular formula is C33H23N3O7. The molecule has 0 unspecified atom stereocenters. The minimum Gasteiger partial charge on any atom is -0.452 e. The number of non-ortho nitro benzene ring substituents is 1. The number of nitro benzene ring substituents is 1. The van der Waals surface area contributed by atoms with E-state index < -0.39 is 35.2 Å². The quantitative estimate of drug-likeness (QED) is 0.152. The third-order valence-electron chi connectivity index (χ3n) is 8.46. The normalized spacial score (nSPS) is 21.1. The lowest BCUT2D eigenvalue weighted by Gasteiger charge is -2.45. The molecule has 212 valence electrons. The topological polar surface area (TPSA) is 136 Å². The molecule has 1 fully saturated rings. The Morgan fingerprint density at radius 1 is 0.767 bits per heavy atom. The summed E-state index contributed by atoms with van der Waals surface area (Å²) in [5.74, 6) is -3.75. The molecule has 0 saturated carbocycles. The molecule has 1 aliphatic heterocycles. The van der Waals surface area contributed by atoms with Crippen LogP contribution in [0.1, 0.15) is 44.4 Å². The molecule has 3 aliphatic carbocycles. The second kappa shape index (κ2) is 10.0. The van der Waals surface area contributed by atoms with Crippen molar-refractivity contribution in [2.75, 3.05) is 16.8 Å². The Labute approximate surface area is 245 Å². The van der Waals surface area contributed by atoms with Gasteiger partial charge in [0.2, 0.25) is 11.8 Å². The first-order chi connectivity index (χ1) is 20.8. The van der Waals surface area contributed by atoms with Gasteiger partial charge in [0, 0.05) is 29.7 Å². The van der Waals surface area contributed by atoms with Gasteiger partial charge in [-0.25, -0.2) is 9.69 Å². The van der Waals surface area contributed by atoms with Crippen molar-refractivity contribution in [2.24, 2.45) is 11.8 Å². The molecule has 1 N–H and O–H groups in total. The summed E-state index contributed by atoms with van der Waals surface area (Å²) in [6.45, 7) is -0.642. The summed E-state index contributed by atoms with van der Waals surface area (Å²) in [6.07, 6.45) is 0. The van der Waals surface area contributed by atoms with Crippen molar-refractivity contribution < 1.29 is 28.8 Å². The number of nitrogens with zero attached hydrogens (tertiary/aromatic N) is 2. The number of carbonyl (C=O) groups excluding carboxylic acids is 4. The van der Waals surface area contributed by atoms with E-state index in [9.17, 15) is 29.3 Å². The van der Waals surface area contributed by atoms with Gasteiger partial charge in [0.15, 0.2) is 6.61 Å². The summed E-state index contributed by atoms with van der Waals surface area (Å²) in [4.78, 5) is 64.7. The predicted octanol–water partition coefficient (Wildman–Crippen LogP) is 4.79. The first-order valence-corrected chi connectivity index (χ1v) is 13.7. The Kier molecular flexibility index (Phi) is 6.12. The maximum Gasteiger partial charge on any atom is 0.338 e. The first kappa shape index (κ1) is 26.3. The third kappa shape index (κ3) is 4.18. The van der Waals surface area contributed by atoms with Gasteiger partial charge in [0.25, 0.3) is 11.6 Å². The van der Waals surface area contributed by atoms with Crippen LogP contribution in [0.25, 0.3) is 0 Å². The van der Waals surface area contributed by atoms with E-state index in [4.69, 9.17) is 4.74 Å². The van der Waals surface area contributed by atoms with Gasteiger partial charge in [0.1, 0.15) is 0 Å². The lowest BCUT2D eigenvalue weighted by atomic mass is 9.55. The van der Waals surface area contributed by atoms with Gasteiger partial charge in [-0.1, -0.05) is 60.7 Å². The second-order valence-electron chi connectivity index (χ2n) is 10.8. The van der Waals surface area contributed by atoms with Crippen LogP contribution in [0.4, 0.5) is 17.1 Å². The van der Waals surface area contributed by atoms with E-state index in [1.165, 1.54) is 41.3 Å². The Morgan fingerprint density at radius 3 is 1.88 bits per heavy atom.